The van der Waals surface area contributed by atoms with Gasteiger partial charge < -0.3 is 30.9 Å². The zero-order chi connectivity index (χ0) is 15.0. The Labute approximate surface area is 110 Å². The van der Waals surface area contributed by atoms with Gasteiger partial charge in [0.05, 0.1) is 25.7 Å². The summed E-state index contributed by atoms with van der Waals surface area (Å²) >= 11 is 0. The summed E-state index contributed by atoms with van der Waals surface area (Å²) in [5.41, 5.74) is 4.88. The molecular weight excluding hydrogens is 258 g/mol. The van der Waals surface area contributed by atoms with Crippen LogP contribution in [0.4, 0.5) is 4.79 Å². The summed E-state index contributed by atoms with van der Waals surface area (Å²) in [6.07, 6.45) is -1.39. The van der Waals surface area contributed by atoms with Gasteiger partial charge in [-0.25, -0.2) is 9.59 Å². The Morgan fingerprint density at radius 3 is 2.42 bits per heavy atom. The van der Waals surface area contributed by atoms with Gasteiger partial charge in [0, 0.05) is 14.2 Å². The van der Waals surface area contributed by atoms with E-state index in [-0.39, 0.29) is 13.2 Å². The van der Waals surface area contributed by atoms with Gasteiger partial charge in [-0.3, -0.25) is 4.79 Å². The fraction of sp³-hybridized carbons (Fsp3) is 0.700. The number of nitrogens with two attached hydrogens (primary N) is 1. The van der Waals surface area contributed by atoms with E-state index in [0.717, 1.165) is 4.90 Å². The third-order valence-electron chi connectivity index (χ3n) is 2.19. The summed E-state index contributed by atoms with van der Waals surface area (Å²) in [5.74, 6) is -2.20. The summed E-state index contributed by atoms with van der Waals surface area (Å²) < 4.78 is 4.69. The molecule has 0 bridgehead atoms. The maximum Gasteiger partial charge on any atom is 0.326 e. The van der Waals surface area contributed by atoms with E-state index in [1.807, 2.05) is 0 Å². The molecule has 1 unspecified atom stereocenters. The molecule has 3 amide bonds. The number of carbonyl (C=O) groups excluding carboxylic acids is 2. The van der Waals surface area contributed by atoms with Crippen molar-refractivity contribution in [3.63, 3.8) is 0 Å². The summed E-state index contributed by atoms with van der Waals surface area (Å²) in [4.78, 5) is 34.2. The molecule has 0 heterocycles. The molecular formula is C10H19N3O6. The number of aliphatic carboxylic acids is 1. The number of aliphatic hydroxyl groups is 1. The van der Waals surface area contributed by atoms with Gasteiger partial charge in [-0.05, 0) is 0 Å². The molecule has 0 aliphatic rings. The second-order valence-electron chi connectivity index (χ2n) is 4.00. The zero-order valence-corrected chi connectivity index (χ0v) is 10.8. The van der Waals surface area contributed by atoms with Crippen molar-refractivity contribution in [3.05, 3.63) is 0 Å². The van der Waals surface area contributed by atoms with Crippen LogP contribution in [-0.2, 0) is 14.3 Å². The number of primary amides is 1. The lowest BCUT2D eigenvalue weighted by Crippen LogP contribution is -2.49. The number of ether oxygens (including phenoxy) is 1. The van der Waals surface area contributed by atoms with Crippen LogP contribution in [-0.4, -0.2) is 72.5 Å². The topological polar surface area (TPSA) is 142 Å². The van der Waals surface area contributed by atoms with E-state index in [0.29, 0.717) is 0 Å². The quantitative estimate of drug-likeness (QED) is 0.403. The number of nitrogens with zero attached hydrogens (tertiary/aromatic N) is 1. The van der Waals surface area contributed by atoms with Crippen LogP contribution in [0.5, 0.6) is 0 Å². The lowest BCUT2D eigenvalue weighted by Gasteiger charge is -2.22. The molecule has 0 rings (SSSR count). The molecule has 2 atom stereocenters. The number of nitrogens with one attached hydrogen (secondary N) is 1. The van der Waals surface area contributed by atoms with Crippen molar-refractivity contribution >= 4 is 17.9 Å². The van der Waals surface area contributed by atoms with Crippen molar-refractivity contribution in [3.8, 4) is 0 Å². The van der Waals surface area contributed by atoms with E-state index in [1.54, 1.807) is 0 Å². The number of carboxylic acids is 1. The Bertz CT molecular complexity index is 335. The lowest BCUT2D eigenvalue weighted by molar-refractivity contribution is -0.140. The second kappa shape index (κ2) is 8.27. The van der Waals surface area contributed by atoms with Crippen LogP contribution >= 0.6 is 0 Å². The van der Waals surface area contributed by atoms with E-state index < -0.39 is 36.5 Å². The predicted molar refractivity (Wildman–Crippen MR) is 64.3 cm³/mol. The van der Waals surface area contributed by atoms with Crippen molar-refractivity contribution < 1.29 is 29.3 Å². The first-order valence-corrected chi connectivity index (χ1v) is 5.47. The van der Waals surface area contributed by atoms with E-state index in [4.69, 9.17) is 15.6 Å². The largest absolute Gasteiger partial charge is 0.480 e. The number of carboxylic acid groups (broad SMARTS) is 1. The van der Waals surface area contributed by atoms with Crippen LogP contribution in [0.15, 0.2) is 0 Å². The van der Waals surface area contributed by atoms with Crippen molar-refractivity contribution in [2.45, 2.75) is 18.6 Å². The van der Waals surface area contributed by atoms with Crippen molar-refractivity contribution in [2.24, 2.45) is 5.73 Å². The average molecular weight is 277 g/mol. The van der Waals surface area contributed by atoms with Crippen molar-refractivity contribution in [1.82, 2.24) is 10.2 Å². The van der Waals surface area contributed by atoms with Crippen molar-refractivity contribution in [2.75, 3.05) is 27.3 Å². The number of rotatable bonds is 8. The Balaban J connectivity index is 4.38. The Hall–Kier alpha value is -1.87. The number of methoxy groups -OCH3 is 1. The van der Waals surface area contributed by atoms with Gasteiger partial charge in [-0.1, -0.05) is 0 Å². The highest BCUT2D eigenvalue weighted by atomic mass is 16.5. The predicted octanol–water partition coefficient (Wildman–Crippen LogP) is -2.04. The molecule has 0 aliphatic heterocycles. The molecule has 9 heteroatoms. The van der Waals surface area contributed by atoms with Gasteiger partial charge in [0.2, 0.25) is 5.91 Å². The molecule has 5 N–H and O–H groups in total. The molecule has 0 radical (unpaired) electrons. The van der Waals surface area contributed by atoms with Crippen molar-refractivity contribution in [1.29, 1.82) is 0 Å². The molecule has 19 heavy (non-hydrogen) atoms. The summed E-state index contributed by atoms with van der Waals surface area (Å²) in [6, 6.07) is -2.13. The minimum atomic E-state index is -1.40. The van der Waals surface area contributed by atoms with Crippen LogP contribution in [0.3, 0.4) is 0 Å². The molecule has 110 valence electrons. The van der Waals surface area contributed by atoms with Gasteiger partial charge in [0.25, 0.3) is 0 Å². The molecule has 0 spiro atoms. The number of urea groups is 1. The van der Waals surface area contributed by atoms with Gasteiger partial charge in [0.15, 0.2) is 0 Å². The van der Waals surface area contributed by atoms with Gasteiger partial charge in [0.1, 0.15) is 6.04 Å². The Morgan fingerprint density at radius 2 is 2.00 bits per heavy atom. The fourth-order valence-corrected chi connectivity index (χ4v) is 1.30. The molecule has 0 aromatic heterocycles. The molecule has 0 saturated carbocycles. The van der Waals surface area contributed by atoms with Crippen LogP contribution in [0, 0.1) is 0 Å². The molecule has 0 aliphatic carbocycles. The highest BCUT2D eigenvalue weighted by Crippen LogP contribution is 1.96. The lowest BCUT2D eigenvalue weighted by atomic mass is 10.2. The van der Waals surface area contributed by atoms with Gasteiger partial charge in [-0.15, -0.1) is 0 Å². The van der Waals surface area contributed by atoms with Crippen LogP contribution in [0.2, 0.25) is 0 Å². The number of hydrogen-bond donors (Lipinski definition) is 4. The first-order valence-electron chi connectivity index (χ1n) is 5.47. The monoisotopic (exact) mass is 277 g/mol. The maximum atomic E-state index is 11.6. The normalized spacial score (nSPS) is 13.4. The second-order valence-corrected chi connectivity index (χ2v) is 4.00. The Kier molecular flexibility index (Phi) is 7.46. The number of hydrogen-bond acceptors (Lipinski definition) is 5. The number of amides is 3. The summed E-state index contributed by atoms with van der Waals surface area (Å²) in [5, 5.41) is 20.4. The average Bonchev–Trinajstić information content (AvgIpc) is 2.27. The third-order valence-corrected chi connectivity index (χ3v) is 2.19. The maximum absolute atomic E-state index is 11.6. The zero-order valence-electron chi connectivity index (χ0n) is 10.8. The van der Waals surface area contributed by atoms with Crippen LogP contribution in [0.1, 0.15) is 6.42 Å². The number of likely N-dealkylation sites (N-methyl/N-ethyl adjacent to an activating group) is 1. The van der Waals surface area contributed by atoms with E-state index in [1.165, 1.54) is 14.2 Å². The molecule has 0 aromatic rings. The smallest absolute Gasteiger partial charge is 0.326 e. The Morgan fingerprint density at radius 1 is 1.42 bits per heavy atom. The molecule has 0 saturated heterocycles. The minimum absolute atomic E-state index is 0.0391. The summed E-state index contributed by atoms with van der Waals surface area (Å²) in [6.45, 7) is 0.00382. The highest BCUT2D eigenvalue weighted by Gasteiger charge is 2.24. The SMILES string of the molecule is COCC(O)CN(C)C(=O)N[C@@H](CC(N)=O)C(=O)O. The van der Waals surface area contributed by atoms with E-state index in [2.05, 4.69) is 5.32 Å². The summed E-state index contributed by atoms with van der Waals surface area (Å²) in [7, 11) is 2.77. The van der Waals surface area contributed by atoms with Crippen LogP contribution < -0.4 is 11.1 Å². The first kappa shape index (κ1) is 17.1. The standard InChI is InChI=1S/C10H19N3O6/c1-13(4-6(14)5-19-2)10(18)12-7(9(16)17)3-8(11)15/h6-7,14H,3-5H2,1-2H3,(H2,11,15)(H,12,18)(H,16,17)/t6?,7-/m0/s1. The van der Waals surface area contributed by atoms with E-state index in [9.17, 15) is 19.5 Å². The third kappa shape index (κ3) is 7.21. The number of carbonyl (C=O) groups is 3. The fourth-order valence-electron chi connectivity index (χ4n) is 1.30. The van der Waals surface area contributed by atoms with Crippen LogP contribution in [0.25, 0.3) is 0 Å². The van der Waals surface area contributed by atoms with E-state index >= 15 is 0 Å². The number of aliphatic hydroxyl groups excluding tert-OH is 1. The molecule has 9 nitrogen and oxygen atoms in total. The molecule has 0 fully saturated rings. The van der Waals surface area contributed by atoms with Gasteiger partial charge in [-0.2, -0.15) is 0 Å². The highest BCUT2D eigenvalue weighted by molar-refractivity contribution is 5.87. The minimum Gasteiger partial charge on any atom is -0.480 e. The van der Waals surface area contributed by atoms with Gasteiger partial charge >= 0.3 is 12.0 Å². The molecule has 0 aromatic carbocycles. The first-order chi connectivity index (χ1) is 8.77.